The number of alkyl halides is 3. The molecule has 0 bridgehead atoms. The van der Waals surface area contributed by atoms with E-state index in [9.17, 15) is 18.0 Å². The van der Waals surface area contributed by atoms with Crippen LogP contribution in [0.15, 0.2) is 42.5 Å². The Morgan fingerprint density at radius 3 is 2.57 bits per heavy atom. The van der Waals surface area contributed by atoms with Gasteiger partial charge in [0.2, 0.25) is 0 Å². The van der Waals surface area contributed by atoms with Crippen molar-refractivity contribution in [3.63, 3.8) is 0 Å². The largest absolute Gasteiger partial charge is 0.573 e. The fourth-order valence-corrected chi connectivity index (χ4v) is 1.94. The Labute approximate surface area is 117 Å². The number of amides is 1. The van der Waals surface area contributed by atoms with Crippen molar-refractivity contribution < 1.29 is 27.4 Å². The summed E-state index contributed by atoms with van der Waals surface area (Å²) >= 11 is 0. The molecule has 3 rings (SSSR count). The molecule has 7 heteroatoms. The summed E-state index contributed by atoms with van der Waals surface area (Å²) in [5.74, 6) is -0.328. The molecule has 0 fully saturated rings. The molecule has 0 unspecified atom stereocenters. The van der Waals surface area contributed by atoms with Gasteiger partial charge in [0.1, 0.15) is 11.5 Å². The van der Waals surface area contributed by atoms with Crippen molar-refractivity contribution in [2.24, 2.45) is 0 Å². The van der Waals surface area contributed by atoms with Crippen LogP contribution in [0.5, 0.6) is 17.2 Å². The van der Waals surface area contributed by atoms with Crippen LogP contribution in [0.4, 0.5) is 18.9 Å². The molecule has 0 aliphatic carbocycles. The Morgan fingerprint density at radius 1 is 1.05 bits per heavy atom. The van der Waals surface area contributed by atoms with E-state index < -0.39 is 18.0 Å². The zero-order valence-corrected chi connectivity index (χ0v) is 10.4. The van der Waals surface area contributed by atoms with Gasteiger partial charge in [-0.2, -0.15) is 0 Å². The molecule has 4 nitrogen and oxygen atoms in total. The van der Waals surface area contributed by atoms with Crippen LogP contribution in [0.25, 0.3) is 0 Å². The SMILES string of the molecule is O=C1Nc2cc(OC(F)(F)F)ccc2Oc2ccccc21. The highest BCUT2D eigenvalue weighted by Gasteiger charge is 2.31. The van der Waals surface area contributed by atoms with E-state index in [1.807, 2.05) is 0 Å². The molecule has 0 aromatic heterocycles. The first kappa shape index (κ1) is 13.3. The molecule has 1 N–H and O–H groups in total. The van der Waals surface area contributed by atoms with Crippen LogP contribution in [-0.4, -0.2) is 12.3 Å². The first-order valence-electron chi connectivity index (χ1n) is 5.90. The number of fused-ring (bicyclic) bond motifs is 2. The molecule has 0 radical (unpaired) electrons. The average molecular weight is 295 g/mol. The van der Waals surface area contributed by atoms with Gasteiger partial charge in [0.05, 0.1) is 11.3 Å². The van der Waals surface area contributed by atoms with Crippen LogP contribution < -0.4 is 14.8 Å². The number of hydrogen-bond donors (Lipinski definition) is 1. The lowest BCUT2D eigenvalue weighted by molar-refractivity contribution is -0.274. The van der Waals surface area contributed by atoms with E-state index in [0.717, 1.165) is 12.1 Å². The van der Waals surface area contributed by atoms with E-state index in [0.29, 0.717) is 11.3 Å². The van der Waals surface area contributed by atoms with Crippen molar-refractivity contribution >= 4 is 11.6 Å². The van der Waals surface area contributed by atoms with Crippen LogP contribution in [0.3, 0.4) is 0 Å². The van der Waals surface area contributed by atoms with Gasteiger partial charge in [-0.1, -0.05) is 12.1 Å². The molecular weight excluding hydrogens is 287 g/mol. The summed E-state index contributed by atoms with van der Waals surface area (Å²) < 4.78 is 46.0. The summed E-state index contributed by atoms with van der Waals surface area (Å²) in [6.07, 6.45) is -4.80. The summed E-state index contributed by atoms with van der Waals surface area (Å²) in [6, 6.07) is 10.00. The van der Waals surface area contributed by atoms with Crippen molar-refractivity contribution in [2.75, 3.05) is 5.32 Å². The van der Waals surface area contributed by atoms with E-state index in [2.05, 4.69) is 10.1 Å². The summed E-state index contributed by atoms with van der Waals surface area (Å²) in [5, 5.41) is 2.49. The van der Waals surface area contributed by atoms with Gasteiger partial charge in [0, 0.05) is 6.07 Å². The number of anilines is 1. The molecule has 0 spiro atoms. The van der Waals surface area contributed by atoms with Gasteiger partial charge < -0.3 is 14.8 Å². The summed E-state index contributed by atoms with van der Waals surface area (Å²) in [6.45, 7) is 0. The smallest absolute Gasteiger partial charge is 0.454 e. The minimum Gasteiger partial charge on any atom is -0.454 e. The monoisotopic (exact) mass is 295 g/mol. The summed E-state index contributed by atoms with van der Waals surface area (Å²) in [5.41, 5.74) is 0.407. The maximum Gasteiger partial charge on any atom is 0.573 e. The lowest BCUT2D eigenvalue weighted by Gasteiger charge is -2.12. The number of rotatable bonds is 1. The summed E-state index contributed by atoms with van der Waals surface area (Å²) in [4.78, 5) is 12.0. The lowest BCUT2D eigenvalue weighted by Crippen LogP contribution is -2.17. The molecule has 1 aliphatic heterocycles. The predicted molar refractivity (Wildman–Crippen MR) is 67.6 cm³/mol. The number of halogens is 3. The molecule has 1 aliphatic rings. The molecule has 108 valence electrons. The Hall–Kier alpha value is -2.70. The normalized spacial score (nSPS) is 13.4. The van der Waals surface area contributed by atoms with Crippen LogP contribution in [0.1, 0.15) is 10.4 Å². The first-order valence-corrected chi connectivity index (χ1v) is 5.90. The minimum atomic E-state index is -4.80. The summed E-state index contributed by atoms with van der Waals surface area (Å²) in [7, 11) is 0. The van der Waals surface area contributed by atoms with Crippen molar-refractivity contribution in [2.45, 2.75) is 6.36 Å². The van der Waals surface area contributed by atoms with Gasteiger partial charge in [0.25, 0.3) is 5.91 Å². The minimum absolute atomic E-state index is 0.109. The van der Waals surface area contributed by atoms with Crippen molar-refractivity contribution in [3.05, 3.63) is 48.0 Å². The third kappa shape index (κ3) is 2.76. The molecule has 0 saturated carbocycles. The zero-order chi connectivity index (χ0) is 15.0. The molecule has 0 saturated heterocycles. The molecule has 1 heterocycles. The fourth-order valence-electron chi connectivity index (χ4n) is 1.94. The number of benzene rings is 2. The van der Waals surface area contributed by atoms with Crippen LogP contribution in [0.2, 0.25) is 0 Å². The maximum atomic E-state index is 12.2. The molecule has 2 aromatic carbocycles. The highest BCUT2D eigenvalue weighted by atomic mass is 19.4. The van der Waals surface area contributed by atoms with Crippen LogP contribution >= 0.6 is 0 Å². The maximum absolute atomic E-state index is 12.2. The number of carbonyl (C=O) groups excluding carboxylic acids is 1. The van der Waals surface area contributed by atoms with Gasteiger partial charge in [-0.05, 0) is 24.3 Å². The van der Waals surface area contributed by atoms with Crippen molar-refractivity contribution in [1.82, 2.24) is 0 Å². The quantitative estimate of drug-likeness (QED) is 0.866. The predicted octanol–water partition coefficient (Wildman–Crippen LogP) is 3.94. The van der Waals surface area contributed by atoms with Crippen molar-refractivity contribution in [1.29, 1.82) is 0 Å². The van der Waals surface area contributed by atoms with Gasteiger partial charge in [-0.3, -0.25) is 4.79 Å². The second kappa shape index (κ2) is 4.69. The van der Waals surface area contributed by atoms with E-state index in [4.69, 9.17) is 4.74 Å². The molecule has 2 aromatic rings. The second-order valence-corrected chi connectivity index (χ2v) is 4.26. The highest BCUT2D eigenvalue weighted by molar-refractivity contribution is 6.08. The van der Waals surface area contributed by atoms with E-state index >= 15 is 0 Å². The Balaban J connectivity index is 1.99. The Morgan fingerprint density at radius 2 is 1.81 bits per heavy atom. The van der Waals surface area contributed by atoms with Crippen LogP contribution in [0, 0.1) is 0 Å². The number of nitrogens with one attached hydrogen (secondary N) is 1. The van der Waals surface area contributed by atoms with Crippen LogP contribution in [-0.2, 0) is 0 Å². The fraction of sp³-hybridized carbons (Fsp3) is 0.0714. The Bertz CT molecular complexity index is 713. The van der Waals surface area contributed by atoms with E-state index in [1.165, 1.54) is 6.07 Å². The van der Waals surface area contributed by atoms with Gasteiger partial charge in [-0.15, -0.1) is 13.2 Å². The molecule has 0 atom stereocenters. The van der Waals surface area contributed by atoms with Crippen molar-refractivity contribution in [3.8, 4) is 17.2 Å². The average Bonchev–Trinajstić information content (AvgIpc) is 2.53. The number of hydrogen-bond acceptors (Lipinski definition) is 3. The molecular formula is C14H8F3NO3. The first-order chi connectivity index (χ1) is 9.92. The standard InChI is InChI=1S/C14H8F3NO3/c15-14(16,17)21-8-5-6-12-10(7-8)18-13(19)9-3-1-2-4-11(9)20-12/h1-7H,(H,18,19). The lowest BCUT2D eigenvalue weighted by atomic mass is 10.2. The second-order valence-electron chi connectivity index (χ2n) is 4.26. The van der Waals surface area contributed by atoms with E-state index in [1.54, 1.807) is 24.3 Å². The third-order valence-electron chi connectivity index (χ3n) is 2.78. The van der Waals surface area contributed by atoms with Gasteiger partial charge in [-0.25, -0.2) is 0 Å². The highest BCUT2D eigenvalue weighted by Crippen LogP contribution is 2.38. The van der Waals surface area contributed by atoms with E-state index in [-0.39, 0.29) is 11.4 Å². The zero-order valence-electron chi connectivity index (χ0n) is 10.4. The van der Waals surface area contributed by atoms with Gasteiger partial charge in [0.15, 0.2) is 5.75 Å². The molecule has 1 amide bonds. The molecule has 21 heavy (non-hydrogen) atoms. The van der Waals surface area contributed by atoms with Gasteiger partial charge >= 0.3 is 6.36 Å². The number of carbonyl (C=O) groups is 1. The number of ether oxygens (including phenoxy) is 2. The topological polar surface area (TPSA) is 47.6 Å². The number of para-hydroxylation sites is 1. The third-order valence-corrected chi connectivity index (χ3v) is 2.78. The Kier molecular flexibility index (Phi) is 2.97.